The van der Waals surface area contributed by atoms with E-state index in [0.29, 0.717) is 17.8 Å². The van der Waals surface area contributed by atoms with Crippen LogP contribution in [0.15, 0.2) is 0 Å². The van der Waals surface area contributed by atoms with Crippen molar-refractivity contribution >= 4 is 21.4 Å². The molecule has 7 nitrogen and oxygen atoms in total. The minimum atomic E-state index is -2.98. The van der Waals surface area contributed by atoms with Crippen LogP contribution in [0.25, 0.3) is 0 Å². The highest BCUT2D eigenvalue weighted by Crippen LogP contribution is 2.15. The van der Waals surface area contributed by atoms with E-state index in [4.69, 9.17) is 5.73 Å². The molecular formula is C11H18N4O3S. The predicted molar refractivity (Wildman–Crippen MR) is 71.3 cm³/mol. The average molecular weight is 286 g/mol. The van der Waals surface area contributed by atoms with Gasteiger partial charge in [0.1, 0.15) is 6.54 Å². The topological polar surface area (TPSA) is 107 Å². The van der Waals surface area contributed by atoms with Gasteiger partial charge in [-0.2, -0.15) is 5.10 Å². The van der Waals surface area contributed by atoms with Gasteiger partial charge in [0.05, 0.1) is 28.6 Å². The molecule has 0 spiro atoms. The standard InChI is InChI=1S/C11H18N4O3S/c1-7-11(12)8(2)15(14-7)5-10(16)13-9-3-4-19(17,18)6-9/h9H,3-6,12H2,1-2H3,(H,13,16). The number of nitrogens with two attached hydrogens (primary N) is 1. The van der Waals surface area contributed by atoms with Gasteiger partial charge in [-0.05, 0) is 20.3 Å². The van der Waals surface area contributed by atoms with Crippen LogP contribution < -0.4 is 11.1 Å². The van der Waals surface area contributed by atoms with E-state index in [1.165, 1.54) is 4.68 Å². The SMILES string of the molecule is Cc1nn(CC(=O)NC2CCS(=O)(=O)C2)c(C)c1N. The van der Waals surface area contributed by atoms with Gasteiger partial charge in [-0.15, -0.1) is 0 Å². The molecule has 1 amide bonds. The van der Waals surface area contributed by atoms with Crippen molar-refractivity contribution in [1.82, 2.24) is 15.1 Å². The van der Waals surface area contributed by atoms with Crippen LogP contribution in [0.4, 0.5) is 5.69 Å². The van der Waals surface area contributed by atoms with Gasteiger partial charge in [0.15, 0.2) is 9.84 Å². The van der Waals surface area contributed by atoms with Gasteiger partial charge in [-0.25, -0.2) is 8.42 Å². The summed E-state index contributed by atoms with van der Waals surface area (Å²) in [5, 5.41) is 6.88. The Kier molecular flexibility index (Phi) is 3.53. The third-order valence-electron chi connectivity index (χ3n) is 3.33. The van der Waals surface area contributed by atoms with Crippen LogP contribution >= 0.6 is 0 Å². The molecule has 2 rings (SSSR count). The van der Waals surface area contributed by atoms with Crippen LogP contribution in [-0.2, 0) is 21.2 Å². The molecule has 1 atom stereocenters. The van der Waals surface area contributed by atoms with E-state index in [-0.39, 0.29) is 30.0 Å². The Balaban J connectivity index is 1.97. The maximum atomic E-state index is 11.8. The first kappa shape index (κ1) is 13.9. The number of aryl methyl sites for hydroxylation is 1. The minimum absolute atomic E-state index is 0.0258. The van der Waals surface area contributed by atoms with Crippen LogP contribution in [-0.4, -0.2) is 41.7 Å². The number of amides is 1. The van der Waals surface area contributed by atoms with E-state index >= 15 is 0 Å². The lowest BCUT2D eigenvalue weighted by Crippen LogP contribution is -2.38. The summed E-state index contributed by atoms with van der Waals surface area (Å²) in [5.74, 6) is -0.0734. The van der Waals surface area contributed by atoms with Gasteiger partial charge in [0, 0.05) is 6.04 Å². The fraction of sp³-hybridized carbons (Fsp3) is 0.636. The molecule has 1 aliphatic rings. The number of carbonyl (C=O) groups is 1. The van der Waals surface area contributed by atoms with Crippen molar-refractivity contribution in [3.63, 3.8) is 0 Å². The minimum Gasteiger partial charge on any atom is -0.396 e. The van der Waals surface area contributed by atoms with E-state index < -0.39 is 9.84 Å². The van der Waals surface area contributed by atoms with E-state index in [9.17, 15) is 13.2 Å². The van der Waals surface area contributed by atoms with Crippen molar-refractivity contribution in [3.8, 4) is 0 Å². The Bertz CT molecular complexity index is 606. The maximum Gasteiger partial charge on any atom is 0.241 e. The second-order valence-corrected chi connectivity index (χ2v) is 7.14. The van der Waals surface area contributed by atoms with Crippen molar-refractivity contribution in [2.45, 2.75) is 32.9 Å². The third kappa shape index (κ3) is 3.06. The summed E-state index contributed by atoms with van der Waals surface area (Å²) in [5.41, 5.74) is 7.79. The van der Waals surface area contributed by atoms with Gasteiger partial charge in [-0.3, -0.25) is 9.48 Å². The zero-order valence-corrected chi connectivity index (χ0v) is 11.8. The van der Waals surface area contributed by atoms with E-state index in [0.717, 1.165) is 5.69 Å². The molecule has 1 aromatic heterocycles. The number of anilines is 1. The zero-order valence-electron chi connectivity index (χ0n) is 11.0. The molecule has 0 saturated carbocycles. The molecule has 0 bridgehead atoms. The Morgan fingerprint density at radius 2 is 2.21 bits per heavy atom. The molecular weight excluding hydrogens is 268 g/mol. The predicted octanol–water partition coefficient (Wildman–Crippen LogP) is -0.615. The zero-order chi connectivity index (χ0) is 14.2. The van der Waals surface area contributed by atoms with Gasteiger partial charge in [0.2, 0.25) is 5.91 Å². The summed E-state index contributed by atoms with van der Waals surface area (Å²) in [6.45, 7) is 3.63. The smallest absolute Gasteiger partial charge is 0.241 e. The van der Waals surface area contributed by atoms with Crippen molar-refractivity contribution in [1.29, 1.82) is 0 Å². The quantitative estimate of drug-likeness (QED) is 0.770. The molecule has 8 heteroatoms. The Hall–Kier alpha value is -1.57. The van der Waals surface area contributed by atoms with Gasteiger partial charge >= 0.3 is 0 Å². The first-order valence-corrected chi connectivity index (χ1v) is 7.90. The molecule has 1 aliphatic heterocycles. The van der Waals surface area contributed by atoms with Crippen LogP contribution in [0, 0.1) is 13.8 Å². The number of aromatic nitrogens is 2. The Labute approximate surface area is 112 Å². The van der Waals surface area contributed by atoms with Gasteiger partial charge < -0.3 is 11.1 Å². The number of nitrogens with one attached hydrogen (secondary N) is 1. The largest absolute Gasteiger partial charge is 0.396 e. The van der Waals surface area contributed by atoms with Crippen LogP contribution in [0.5, 0.6) is 0 Å². The first-order chi connectivity index (χ1) is 8.78. The van der Waals surface area contributed by atoms with E-state index in [1.54, 1.807) is 13.8 Å². The summed E-state index contributed by atoms with van der Waals surface area (Å²) in [6, 6.07) is -0.285. The second-order valence-electron chi connectivity index (χ2n) is 4.91. The normalized spacial score (nSPS) is 21.5. The number of sulfone groups is 1. The summed E-state index contributed by atoms with van der Waals surface area (Å²) in [7, 11) is -2.98. The van der Waals surface area contributed by atoms with Gasteiger partial charge in [0.25, 0.3) is 0 Å². The van der Waals surface area contributed by atoms with Crippen molar-refractivity contribution in [3.05, 3.63) is 11.4 Å². The van der Waals surface area contributed by atoms with Crippen LogP contribution in [0.1, 0.15) is 17.8 Å². The highest BCUT2D eigenvalue weighted by Gasteiger charge is 2.29. The summed E-state index contributed by atoms with van der Waals surface area (Å²) in [4.78, 5) is 11.8. The highest BCUT2D eigenvalue weighted by atomic mass is 32.2. The molecule has 0 radical (unpaired) electrons. The average Bonchev–Trinajstić information content (AvgIpc) is 2.75. The Morgan fingerprint density at radius 3 is 2.68 bits per heavy atom. The molecule has 19 heavy (non-hydrogen) atoms. The number of nitrogens with zero attached hydrogens (tertiary/aromatic N) is 2. The highest BCUT2D eigenvalue weighted by molar-refractivity contribution is 7.91. The molecule has 0 aromatic carbocycles. The van der Waals surface area contributed by atoms with Crippen molar-refractivity contribution in [2.75, 3.05) is 17.2 Å². The van der Waals surface area contributed by atoms with Crippen LogP contribution in [0.2, 0.25) is 0 Å². The molecule has 1 saturated heterocycles. The molecule has 3 N–H and O–H groups in total. The number of carbonyl (C=O) groups excluding carboxylic acids is 1. The maximum absolute atomic E-state index is 11.8. The van der Waals surface area contributed by atoms with Gasteiger partial charge in [-0.1, -0.05) is 0 Å². The summed E-state index contributed by atoms with van der Waals surface area (Å²) < 4.78 is 24.1. The van der Waals surface area contributed by atoms with Crippen molar-refractivity contribution < 1.29 is 13.2 Å². The first-order valence-electron chi connectivity index (χ1n) is 6.08. The summed E-state index contributed by atoms with van der Waals surface area (Å²) in [6.07, 6.45) is 0.479. The lowest BCUT2D eigenvalue weighted by Gasteiger charge is -2.11. The number of hydrogen-bond donors (Lipinski definition) is 2. The molecule has 2 heterocycles. The Morgan fingerprint density at radius 1 is 1.53 bits per heavy atom. The van der Waals surface area contributed by atoms with E-state index in [1.807, 2.05) is 0 Å². The third-order valence-corrected chi connectivity index (χ3v) is 5.10. The summed E-state index contributed by atoms with van der Waals surface area (Å²) >= 11 is 0. The lowest BCUT2D eigenvalue weighted by molar-refractivity contribution is -0.122. The molecule has 1 fully saturated rings. The van der Waals surface area contributed by atoms with Crippen LogP contribution in [0.3, 0.4) is 0 Å². The molecule has 1 unspecified atom stereocenters. The monoisotopic (exact) mass is 286 g/mol. The second kappa shape index (κ2) is 4.84. The number of hydrogen-bond acceptors (Lipinski definition) is 5. The van der Waals surface area contributed by atoms with E-state index in [2.05, 4.69) is 10.4 Å². The molecule has 106 valence electrons. The van der Waals surface area contributed by atoms with Crippen molar-refractivity contribution in [2.24, 2.45) is 0 Å². The molecule has 0 aliphatic carbocycles. The lowest BCUT2D eigenvalue weighted by atomic mass is 10.2. The number of rotatable bonds is 3. The number of nitrogen functional groups attached to an aromatic ring is 1. The fourth-order valence-electron chi connectivity index (χ4n) is 2.18. The fourth-order valence-corrected chi connectivity index (χ4v) is 3.86. The molecule has 1 aromatic rings.